The number of methoxy groups -OCH3 is 1. The highest BCUT2D eigenvalue weighted by Gasteiger charge is 2.47. The van der Waals surface area contributed by atoms with Crippen LogP contribution >= 0.6 is 11.6 Å². The molecule has 0 bridgehead atoms. The highest BCUT2D eigenvalue weighted by atomic mass is 35.5. The van der Waals surface area contributed by atoms with Gasteiger partial charge in [0.1, 0.15) is 11.5 Å². The predicted octanol–water partition coefficient (Wildman–Crippen LogP) is 4.46. The lowest BCUT2D eigenvalue weighted by molar-refractivity contribution is -0.385. The highest BCUT2D eigenvalue weighted by molar-refractivity contribution is 6.51. The van der Waals surface area contributed by atoms with Crippen LogP contribution in [-0.4, -0.2) is 33.9 Å². The summed E-state index contributed by atoms with van der Waals surface area (Å²) in [6.07, 6.45) is 0. The summed E-state index contributed by atoms with van der Waals surface area (Å²) in [4.78, 5) is 38.2. The van der Waals surface area contributed by atoms with E-state index in [-0.39, 0.29) is 33.2 Å². The molecule has 3 aromatic rings. The van der Waals surface area contributed by atoms with Gasteiger partial charge in [0.15, 0.2) is 5.75 Å². The largest absolute Gasteiger partial charge is 0.507 e. The Kier molecular flexibility index (Phi) is 6.33. The number of aliphatic hydroxyl groups excluding tert-OH is 1. The van der Waals surface area contributed by atoms with Crippen LogP contribution < -0.4 is 9.64 Å². The SMILES string of the molecule is COc1ccc(Cl)cc1/C(O)=C1\C(=O)C(=O)N(c2ccc(C#N)cc2)C1c1ccc(O)c([N+](=O)[O-])c1. The molecule has 1 heterocycles. The van der Waals surface area contributed by atoms with E-state index in [9.17, 15) is 29.9 Å². The Labute approximate surface area is 209 Å². The van der Waals surface area contributed by atoms with E-state index in [4.69, 9.17) is 21.6 Å². The summed E-state index contributed by atoms with van der Waals surface area (Å²) >= 11 is 6.09. The fourth-order valence-corrected chi connectivity index (χ4v) is 4.15. The smallest absolute Gasteiger partial charge is 0.311 e. The molecule has 1 unspecified atom stereocenters. The number of nitriles is 1. The maximum atomic E-state index is 13.3. The lowest BCUT2D eigenvalue weighted by Gasteiger charge is -2.25. The van der Waals surface area contributed by atoms with Gasteiger partial charge in [-0.15, -0.1) is 0 Å². The molecule has 1 saturated heterocycles. The second-order valence-electron chi connectivity index (χ2n) is 7.68. The van der Waals surface area contributed by atoms with E-state index >= 15 is 0 Å². The second-order valence-corrected chi connectivity index (χ2v) is 8.11. The van der Waals surface area contributed by atoms with Crippen LogP contribution in [0.5, 0.6) is 11.5 Å². The Morgan fingerprint density at radius 3 is 2.44 bits per heavy atom. The molecule has 1 atom stereocenters. The summed E-state index contributed by atoms with van der Waals surface area (Å²) < 4.78 is 5.27. The maximum Gasteiger partial charge on any atom is 0.311 e. The third-order valence-electron chi connectivity index (χ3n) is 5.65. The zero-order chi connectivity index (χ0) is 26.1. The molecular weight excluding hydrogens is 490 g/mol. The van der Waals surface area contributed by atoms with Crippen molar-refractivity contribution in [3.8, 4) is 17.6 Å². The number of benzene rings is 3. The number of phenols is 1. The second kappa shape index (κ2) is 9.40. The van der Waals surface area contributed by atoms with Crippen LogP contribution in [0.4, 0.5) is 11.4 Å². The molecule has 4 rings (SSSR count). The van der Waals surface area contributed by atoms with E-state index in [1.807, 2.05) is 6.07 Å². The van der Waals surface area contributed by atoms with Gasteiger partial charge >= 0.3 is 5.69 Å². The fourth-order valence-electron chi connectivity index (χ4n) is 3.98. The molecule has 1 aliphatic heterocycles. The van der Waals surface area contributed by atoms with E-state index in [0.29, 0.717) is 5.56 Å². The van der Waals surface area contributed by atoms with E-state index in [2.05, 4.69) is 0 Å². The summed E-state index contributed by atoms with van der Waals surface area (Å²) in [5.41, 5.74) is -0.417. The van der Waals surface area contributed by atoms with Crippen molar-refractivity contribution in [1.29, 1.82) is 5.26 Å². The number of halogens is 1. The van der Waals surface area contributed by atoms with Crippen LogP contribution in [0.2, 0.25) is 5.02 Å². The Morgan fingerprint density at radius 2 is 1.83 bits per heavy atom. The molecule has 11 heteroatoms. The molecule has 36 heavy (non-hydrogen) atoms. The molecule has 1 fully saturated rings. The number of nitrogens with zero attached hydrogens (tertiary/aromatic N) is 3. The van der Waals surface area contributed by atoms with Gasteiger partial charge in [-0.3, -0.25) is 24.6 Å². The van der Waals surface area contributed by atoms with Crippen molar-refractivity contribution in [1.82, 2.24) is 0 Å². The Bertz CT molecular complexity index is 1490. The van der Waals surface area contributed by atoms with Crippen LogP contribution in [0, 0.1) is 21.4 Å². The molecule has 3 aromatic carbocycles. The van der Waals surface area contributed by atoms with E-state index < -0.39 is 39.9 Å². The third-order valence-corrected chi connectivity index (χ3v) is 5.88. The molecule has 0 radical (unpaired) electrons. The number of hydrogen-bond acceptors (Lipinski definition) is 8. The zero-order valence-corrected chi connectivity index (χ0v) is 19.3. The molecule has 0 spiro atoms. The molecule has 0 saturated carbocycles. The first-order valence-electron chi connectivity index (χ1n) is 10.3. The van der Waals surface area contributed by atoms with Crippen molar-refractivity contribution in [2.45, 2.75) is 6.04 Å². The normalized spacial score (nSPS) is 16.6. The van der Waals surface area contributed by atoms with Gasteiger partial charge in [0, 0.05) is 16.8 Å². The Hall–Kier alpha value is -4.88. The topological polar surface area (TPSA) is 154 Å². The number of phenolic OH excluding ortho intramolecular Hbond substituents is 1. The van der Waals surface area contributed by atoms with E-state index in [1.54, 1.807) is 0 Å². The third kappa shape index (κ3) is 4.08. The number of hydrogen-bond donors (Lipinski definition) is 2. The van der Waals surface area contributed by atoms with Gasteiger partial charge in [-0.25, -0.2) is 0 Å². The quantitative estimate of drug-likeness (QED) is 0.169. The van der Waals surface area contributed by atoms with Crippen molar-refractivity contribution in [2.75, 3.05) is 12.0 Å². The number of carbonyl (C=O) groups excluding carboxylic acids is 2. The van der Waals surface area contributed by atoms with Gasteiger partial charge in [0.05, 0.1) is 40.8 Å². The van der Waals surface area contributed by atoms with Crippen LogP contribution in [0.3, 0.4) is 0 Å². The molecule has 10 nitrogen and oxygen atoms in total. The number of Topliss-reactive ketones (excluding diaryl/α,β-unsaturated/α-hetero) is 1. The molecule has 0 aliphatic carbocycles. The van der Waals surface area contributed by atoms with Gasteiger partial charge in [-0.1, -0.05) is 17.7 Å². The first-order chi connectivity index (χ1) is 17.2. The van der Waals surface area contributed by atoms with Crippen LogP contribution in [0.1, 0.15) is 22.7 Å². The van der Waals surface area contributed by atoms with Crippen molar-refractivity contribution >= 4 is 40.4 Å². The maximum absolute atomic E-state index is 13.3. The summed E-state index contributed by atoms with van der Waals surface area (Å²) in [6, 6.07) is 14.1. The number of ketones is 1. The lowest BCUT2D eigenvalue weighted by Crippen LogP contribution is -2.29. The molecule has 1 amide bonds. The Morgan fingerprint density at radius 1 is 1.14 bits per heavy atom. The highest BCUT2D eigenvalue weighted by Crippen LogP contribution is 2.45. The summed E-state index contributed by atoms with van der Waals surface area (Å²) in [5.74, 6) is -3.13. The summed E-state index contributed by atoms with van der Waals surface area (Å²) in [7, 11) is 1.34. The minimum absolute atomic E-state index is 0.0288. The minimum Gasteiger partial charge on any atom is -0.507 e. The molecule has 180 valence electrons. The van der Waals surface area contributed by atoms with Crippen molar-refractivity contribution in [3.63, 3.8) is 0 Å². The van der Waals surface area contributed by atoms with E-state index in [1.165, 1.54) is 55.6 Å². The zero-order valence-electron chi connectivity index (χ0n) is 18.5. The Balaban J connectivity index is 2.02. The monoisotopic (exact) mass is 505 g/mol. The van der Waals surface area contributed by atoms with Crippen LogP contribution in [0.25, 0.3) is 5.76 Å². The predicted molar refractivity (Wildman–Crippen MR) is 129 cm³/mol. The van der Waals surface area contributed by atoms with Crippen molar-refractivity contribution in [2.24, 2.45) is 0 Å². The molecule has 1 aliphatic rings. The lowest BCUT2D eigenvalue weighted by atomic mass is 9.94. The number of rotatable bonds is 5. The number of nitro benzene ring substituents is 1. The summed E-state index contributed by atoms with van der Waals surface area (Å²) in [6.45, 7) is 0. The fraction of sp³-hybridized carbons (Fsp3) is 0.0800. The molecule has 0 aromatic heterocycles. The molecular formula is C25H16ClN3O7. The van der Waals surface area contributed by atoms with Crippen molar-refractivity contribution in [3.05, 3.63) is 98.1 Å². The average molecular weight is 506 g/mol. The number of nitro groups is 1. The number of carbonyl (C=O) groups is 2. The summed E-state index contributed by atoms with van der Waals surface area (Å²) in [5, 5.41) is 42.0. The van der Waals surface area contributed by atoms with Gasteiger partial charge in [0.25, 0.3) is 11.7 Å². The number of amides is 1. The number of aliphatic hydroxyl groups is 1. The first-order valence-corrected chi connectivity index (χ1v) is 10.7. The number of aromatic hydroxyl groups is 1. The average Bonchev–Trinajstić information content (AvgIpc) is 3.14. The first kappa shape index (κ1) is 24.3. The molecule has 2 N–H and O–H groups in total. The van der Waals surface area contributed by atoms with E-state index in [0.717, 1.165) is 17.0 Å². The van der Waals surface area contributed by atoms with Gasteiger partial charge in [-0.2, -0.15) is 5.26 Å². The van der Waals surface area contributed by atoms with Gasteiger partial charge in [-0.05, 0) is 54.1 Å². The number of anilines is 1. The van der Waals surface area contributed by atoms with Crippen LogP contribution in [0.15, 0.2) is 66.2 Å². The minimum atomic E-state index is -1.32. The van der Waals surface area contributed by atoms with Crippen LogP contribution in [-0.2, 0) is 9.59 Å². The number of ether oxygens (including phenoxy) is 1. The standard InChI is InChI=1S/C25H16ClN3O7/c1-36-20-9-5-15(26)11-17(20)23(31)21-22(14-4-8-19(30)18(10-14)29(34)35)28(25(33)24(21)32)16-6-2-13(12-27)3-7-16/h2-11,22,30-31H,1H3/b23-21+. The van der Waals surface area contributed by atoms with Gasteiger partial charge in [0.2, 0.25) is 0 Å². The van der Waals surface area contributed by atoms with Crippen molar-refractivity contribution < 1.29 is 29.5 Å². The van der Waals surface area contributed by atoms with Gasteiger partial charge < -0.3 is 14.9 Å².